The van der Waals surface area contributed by atoms with Crippen molar-refractivity contribution in [3.8, 4) is 0 Å². The standard InChI is InChI=1S/C19H21NS/c1-3-12-20-19(15-9-5-4-8-14(15)2)17-13-21-18-11-7-6-10-16(17)18/h4-11,13,19-20H,3,12H2,1-2H3. The van der Waals surface area contributed by atoms with E-state index < -0.39 is 0 Å². The van der Waals surface area contributed by atoms with E-state index in [9.17, 15) is 0 Å². The normalized spacial score (nSPS) is 12.7. The van der Waals surface area contributed by atoms with Gasteiger partial charge in [-0.1, -0.05) is 49.4 Å². The summed E-state index contributed by atoms with van der Waals surface area (Å²) in [6, 6.07) is 17.7. The number of rotatable bonds is 5. The molecule has 1 aromatic heterocycles. The Bertz CT molecular complexity index is 729. The van der Waals surface area contributed by atoms with Gasteiger partial charge >= 0.3 is 0 Å². The van der Waals surface area contributed by atoms with Crippen molar-refractivity contribution in [2.45, 2.75) is 26.3 Å². The molecule has 1 heterocycles. The van der Waals surface area contributed by atoms with Crippen molar-refractivity contribution in [3.63, 3.8) is 0 Å². The second-order valence-electron chi connectivity index (χ2n) is 5.43. The van der Waals surface area contributed by atoms with Crippen LogP contribution in [-0.2, 0) is 0 Å². The van der Waals surface area contributed by atoms with E-state index in [1.807, 2.05) is 11.3 Å². The van der Waals surface area contributed by atoms with Crippen LogP contribution in [0.5, 0.6) is 0 Å². The summed E-state index contributed by atoms with van der Waals surface area (Å²) >= 11 is 1.84. The predicted molar refractivity (Wildman–Crippen MR) is 93.1 cm³/mol. The van der Waals surface area contributed by atoms with Crippen LogP contribution < -0.4 is 5.32 Å². The maximum absolute atomic E-state index is 3.73. The van der Waals surface area contributed by atoms with Gasteiger partial charge in [0.1, 0.15) is 0 Å². The maximum atomic E-state index is 3.73. The van der Waals surface area contributed by atoms with Crippen LogP contribution in [0.2, 0.25) is 0 Å². The molecule has 0 spiro atoms. The quantitative estimate of drug-likeness (QED) is 0.673. The first-order chi connectivity index (χ1) is 10.3. The van der Waals surface area contributed by atoms with Crippen LogP contribution in [0.15, 0.2) is 53.9 Å². The molecule has 1 unspecified atom stereocenters. The van der Waals surface area contributed by atoms with Gasteiger partial charge in [-0.15, -0.1) is 11.3 Å². The first kappa shape index (κ1) is 14.3. The third kappa shape index (κ3) is 2.87. The molecule has 1 N–H and O–H groups in total. The minimum absolute atomic E-state index is 0.280. The van der Waals surface area contributed by atoms with Gasteiger partial charge in [-0.05, 0) is 53.4 Å². The van der Waals surface area contributed by atoms with Gasteiger partial charge in [-0.3, -0.25) is 0 Å². The molecule has 2 heteroatoms. The number of nitrogens with one attached hydrogen (secondary N) is 1. The summed E-state index contributed by atoms with van der Waals surface area (Å²) < 4.78 is 1.37. The molecule has 3 aromatic rings. The molecule has 0 aliphatic rings. The maximum Gasteiger partial charge on any atom is 0.0593 e. The second kappa shape index (κ2) is 6.42. The van der Waals surface area contributed by atoms with Gasteiger partial charge in [-0.25, -0.2) is 0 Å². The van der Waals surface area contributed by atoms with Crippen molar-refractivity contribution in [3.05, 3.63) is 70.6 Å². The van der Waals surface area contributed by atoms with Gasteiger partial charge in [0.15, 0.2) is 0 Å². The largest absolute Gasteiger partial charge is 0.306 e. The molecule has 0 saturated carbocycles. The molecule has 2 aromatic carbocycles. The number of aryl methyl sites for hydroxylation is 1. The van der Waals surface area contributed by atoms with Crippen molar-refractivity contribution in [1.82, 2.24) is 5.32 Å². The number of thiophene rings is 1. The smallest absolute Gasteiger partial charge is 0.0593 e. The molecule has 1 nitrogen and oxygen atoms in total. The van der Waals surface area contributed by atoms with E-state index in [0.29, 0.717) is 0 Å². The highest BCUT2D eigenvalue weighted by Gasteiger charge is 2.18. The Morgan fingerprint density at radius 3 is 2.57 bits per heavy atom. The number of fused-ring (bicyclic) bond motifs is 1. The highest BCUT2D eigenvalue weighted by Crippen LogP contribution is 2.34. The van der Waals surface area contributed by atoms with E-state index in [0.717, 1.165) is 13.0 Å². The molecule has 0 bridgehead atoms. The average Bonchev–Trinajstić information content (AvgIpc) is 2.93. The lowest BCUT2D eigenvalue weighted by Crippen LogP contribution is -2.23. The highest BCUT2D eigenvalue weighted by atomic mass is 32.1. The Morgan fingerprint density at radius 1 is 1.00 bits per heavy atom. The summed E-state index contributed by atoms with van der Waals surface area (Å²) in [5.74, 6) is 0. The van der Waals surface area contributed by atoms with E-state index in [-0.39, 0.29) is 6.04 Å². The Hall–Kier alpha value is -1.64. The number of benzene rings is 2. The van der Waals surface area contributed by atoms with Crippen molar-refractivity contribution >= 4 is 21.4 Å². The van der Waals surface area contributed by atoms with Crippen LogP contribution in [0.1, 0.15) is 36.1 Å². The Morgan fingerprint density at radius 2 is 1.76 bits per heavy atom. The molecule has 108 valence electrons. The zero-order chi connectivity index (χ0) is 14.7. The predicted octanol–water partition coefficient (Wildman–Crippen LogP) is 5.30. The fourth-order valence-corrected chi connectivity index (χ4v) is 3.80. The topological polar surface area (TPSA) is 12.0 Å². The van der Waals surface area contributed by atoms with Crippen LogP contribution in [0, 0.1) is 6.92 Å². The van der Waals surface area contributed by atoms with Crippen molar-refractivity contribution in [2.24, 2.45) is 0 Å². The summed E-state index contributed by atoms with van der Waals surface area (Å²) in [7, 11) is 0. The fraction of sp³-hybridized carbons (Fsp3) is 0.263. The Kier molecular flexibility index (Phi) is 4.37. The van der Waals surface area contributed by atoms with Gasteiger partial charge in [0, 0.05) is 4.70 Å². The van der Waals surface area contributed by atoms with Gasteiger partial charge in [-0.2, -0.15) is 0 Å². The molecule has 0 amide bonds. The molecule has 21 heavy (non-hydrogen) atoms. The lowest BCUT2D eigenvalue weighted by molar-refractivity contribution is 0.600. The van der Waals surface area contributed by atoms with Gasteiger partial charge in [0.05, 0.1) is 6.04 Å². The minimum Gasteiger partial charge on any atom is -0.306 e. The van der Waals surface area contributed by atoms with Gasteiger partial charge < -0.3 is 5.32 Å². The minimum atomic E-state index is 0.280. The molecule has 0 saturated heterocycles. The van der Waals surface area contributed by atoms with Crippen LogP contribution in [0.4, 0.5) is 0 Å². The third-order valence-electron chi connectivity index (χ3n) is 3.92. The van der Waals surface area contributed by atoms with E-state index in [4.69, 9.17) is 0 Å². The number of hydrogen-bond acceptors (Lipinski definition) is 2. The molecule has 0 fully saturated rings. The van der Waals surface area contributed by atoms with Crippen LogP contribution in [-0.4, -0.2) is 6.54 Å². The Balaban J connectivity index is 2.09. The van der Waals surface area contributed by atoms with Crippen molar-refractivity contribution < 1.29 is 0 Å². The lowest BCUT2D eigenvalue weighted by atomic mass is 9.94. The SMILES string of the molecule is CCCNC(c1ccccc1C)c1csc2ccccc12. The first-order valence-electron chi connectivity index (χ1n) is 7.56. The van der Waals surface area contributed by atoms with E-state index >= 15 is 0 Å². The molecule has 3 rings (SSSR count). The van der Waals surface area contributed by atoms with E-state index in [2.05, 4.69) is 73.1 Å². The van der Waals surface area contributed by atoms with Crippen LogP contribution >= 0.6 is 11.3 Å². The molecular weight excluding hydrogens is 274 g/mol. The van der Waals surface area contributed by atoms with Crippen LogP contribution in [0.3, 0.4) is 0 Å². The number of hydrogen-bond donors (Lipinski definition) is 1. The Labute approximate surface area is 130 Å². The lowest BCUT2D eigenvalue weighted by Gasteiger charge is -2.21. The highest BCUT2D eigenvalue weighted by molar-refractivity contribution is 7.17. The zero-order valence-corrected chi connectivity index (χ0v) is 13.4. The van der Waals surface area contributed by atoms with Crippen molar-refractivity contribution in [2.75, 3.05) is 6.54 Å². The summed E-state index contributed by atoms with van der Waals surface area (Å²) in [6.07, 6.45) is 1.14. The van der Waals surface area contributed by atoms with Crippen molar-refractivity contribution in [1.29, 1.82) is 0 Å². The monoisotopic (exact) mass is 295 g/mol. The summed E-state index contributed by atoms with van der Waals surface area (Å²) in [4.78, 5) is 0. The molecule has 1 atom stereocenters. The molecular formula is C19H21NS. The molecule has 0 radical (unpaired) electrons. The first-order valence-corrected chi connectivity index (χ1v) is 8.44. The zero-order valence-electron chi connectivity index (χ0n) is 12.6. The summed E-state index contributed by atoms with van der Waals surface area (Å²) in [6.45, 7) is 5.45. The third-order valence-corrected chi connectivity index (χ3v) is 4.90. The average molecular weight is 295 g/mol. The molecule has 0 aliphatic heterocycles. The van der Waals surface area contributed by atoms with E-state index in [1.165, 1.54) is 26.8 Å². The molecule has 0 aliphatic carbocycles. The van der Waals surface area contributed by atoms with E-state index in [1.54, 1.807) is 0 Å². The second-order valence-corrected chi connectivity index (χ2v) is 6.34. The summed E-state index contributed by atoms with van der Waals surface area (Å²) in [5.41, 5.74) is 4.13. The van der Waals surface area contributed by atoms with Crippen LogP contribution in [0.25, 0.3) is 10.1 Å². The van der Waals surface area contributed by atoms with Gasteiger partial charge in [0.2, 0.25) is 0 Å². The summed E-state index contributed by atoms with van der Waals surface area (Å²) in [5, 5.41) is 7.41. The van der Waals surface area contributed by atoms with Gasteiger partial charge in [0.25, 0.3) is 0 Å². The fourth-order valence-electron chi connectivity index (χ4n) is 2.81.